The summed E-state index contributed by atoms with van der Waals surface area (Å²) < 4.78 is 38.4. The van der Waals surface area contributed by atoms with E-state index in [9.17, 15) is 22.8 Å². The first-order valence-corrected chi connectivity index (χ1v) is 5.74. The molecule has 0 radical (unpaired) electrons. The lowest BCUT2D eigenvalue weighted by molar-refractivity contribution is -0.137. The molecule has 0 spiro atoms. The summed E-state index contributed by atoms with van der Waals surface area (Å²) in [5.41, 5.74) is -1.18. The maximum absolute atomic E-state index is 12.8. The molecule has 3 nitrogen and oxygen atoms in total. The largest absolute Gasteiger partial charge is 0.417 e. The van der Waals surface area contributed by atoms with Crippen LogP contribution in [-0.4, -0.2) is 18.7 Å². The van der Waals surface area contributed by atoms with Crippen molar-refractivity contribution in [1.29, 1.82) is 0 Å². The Labute approximate surface area is 114 Å². The number of hydrogen-bond acceptors (Lipinski definition) is 2. The lowest BCUT2D eigenvalue weighted by Gasteiger charge is -2.09. The predicted molar refractivity (Wildman–Crippen MR) is 67.0 cm³/mol. The highest BCUT2D eigenvalue weighted by molar-refractivity contribution is 5.76. The van der Waals surface area contributed by atoms with Gasteiger partial charge in [-0.15, -0.1) is 0 Å². The molecule has 1 N–H and O–H groups in total. The Morgan fingerprint density at radius 3 is 2.65 bits per heavy atom. The number of amides is 1. The number of benzene rings is 1. The third-order valence-corrected chi connectivity index (χ3v) is 2.33. The van der Waals surface area contributed by atoms with E-state index < -0.39 is 11.7 Å². The summed E-state index contributed by atoms with van der Waals surface area (Å²) in [6.07, 6.45) is -3.98. The molecule has 20 heavy (non-hydrogen) atoms. The normalized spacial score (nSPS) is 10.4. The molecule has 0 atom stereocenters. The number of carbonyl (C=O) groups excluding carboxylic acids is 2. The van der Waals surface area contributed by atoms with Crippen LogP contribution >= 0.6 is 0 Å². The number of aldehydes is 1. The highest BCUT2D eigenvalue weighted by Gasteiger charge is 2.33. The van der Waals surface area contributed by atoms with Gasteiger partial charge in [0.05, 0.1) is 5.56 Å². The number of halogens is 3. The van der Waals surface area contributed by atoms with Gasteiger partial charge in [-0.25, -0.2) is 0 Å². The van der Waals surface area contributed by atoms with E-state index in [4.69, 9.17) is 0 Å². The second kappa shape index (κ2) is 6.75. The van der Waals surface area contributed by atoms with E-state index in [1.54, 1.807) is 0 Å². The van der Waals surface area contributed by atoms with Crippen LogP contribution in [0.1, 0.15) is 34.8 Å². The molecular formula is C14H12F3NO2. The molecule has 0 aliphatic rings. The van der Waals surface area contributed by atoms with E-state index in [2.05, 4.69) is 17.2 Å². The summed E-state index contributed by atoms with van der Waals surface area (Å²) in [6, 6.07) is 3.21. The van der Waals surface area contributed by atoms with Crippen LogP contribution < -0.4 is 5.32 Å². The van der Waals surface area contributed by atoms with Crippen LogP contribution in [0, 0.1) is 11.8 Å². The Morgan fingerprint density at radius 2 is 2.10 bits per heavy atom. The molecule has 0 fully saturated rings. The van der Waals surface area contributed by atoms with E-state index in [-0.39, 0.29) is 30.0 Å². The van der Waals surface area contributed by atoms with Gasteiger partial charge in [-0.2, -0.15) is 13.2 Å². The highest BCUT2D eigenvalue weighted by Crippen LogP contribution is 2.32. The molecule has 0 heterocycles. The molecule has 1 rings (SSSR count). The number of alkyl halides is 3. The lowest BCUT2D eigenvalue weighted by atomic mass is 10.0. The minimum Gasteiger partial charge on any atom is -0.355 e. The summed E-state index contributed by atoms with van der Waals surface area (Å²) in [5.74, 6) is 4.74. The quantitative estimate of drug-likeness (QED) is 0.526. The van der Waals surface area contributed by atoms with Crippen LogP contribution in [0.2, 0.25) is 0 Å². The maximum Gasteiger partial charge on any atom is 0.417 e. The minimum absolute atomic E-state index is 0.0545. The van der Waals surface area contributed by atoms with Crippen molar-refractivity contribution in [2.24, 2.45) is 0 Å². The van der Waals surface area contributed by atoms with Crippen molar-refractivity contribution >= 4 is 12.2 Å². The molecule has 0 aliphatic heterocycles. The summed E-state index contributed by atoms with van der Waals surface area (Å²) in [7, 11) is 0. The molecule has 0 bridgehead atoms. The Balaban J connectivity index is 2.92. The van der Waals surface area contributed by atoms with Gasteiger partial charge >= 0.3 is 6.18 Å². The van der Waals surface area contributed by atoms with Crippen LogP contribution in [0.4, 0.5) is 13.2 Å². The molecule has 0 saturated carbocycles. The van der Waals surface area contributed by atoms with E-state index in [0.717, 1.165) is 12.1 Å². The molecule has 0 saturated heterocycles. The summed E-state index contributed by atoms with van der Waals surface area (Å²) in [5, 5.41) is 2.48. The van der Waals surface area contributed by atoms with Gasteiger partial charge in [0.1, 0.15) is 6.29 Å². The summed E-state index contributed by atoms with van der Waals surface area (Å²) >= 11 is 0. The third-order valence-electron chi connectivity index (χ3n) is 2.33. The fraction of sp³-hybridized carbons (Fsp3) is 0.286. The van der Waals surface area contributed by atoms with Crippen molar-refractivity contribution in [2.45, 2.75) is 19.5 Å². The molecular weight excluding hydrogens is 271 g/mol. The van der Waals surface area contributed by atoms with Crippen molar-refractivity contribution < 1.29 is 22.8 Å². The number of hydrogen-bond donors (Lipinski definition) is 1. The Hall–Kier alpha value is -2.29. The van der Waals surface area contributed by atoms with Gasteiger partial charge in [0.25, 0.3) is 0 Å². The fourth-order valence-electron chi connectivity index (χ4n) is 1.44. The standard InChI is InChI=1S/C14H12F3NO2/c1-10(20)18-7-3-2-4-12-6-5-11(9-19)8-13(12)14(15,16)17/h5-6,8-9H,3,7H2,1H3,(H,18,20). The lowest BCUT2D eigenvalue weighted by Crippen LogP contribution is -2.20. The average molecular weight is 283 g/mol. The molecule has 106 valence electrons. The van der Waals surface area contributed by atoms with Gasteiger partial charge in [-0.05, 0) is 12.1 Å². The van der Waals surface area contributed by atoms with Gasteiger partial charge in [-0.1, -0.05) is 17.9 Å². The Morgan fingerprint density at radius 1 is 1.40 bits per heavy atom. The van der Waals surface area contributed by atoms with Crippen molar-refractivity contribution in [1.82, 2.24) is 5.32 Å². The third kappa shape index (κ3) is 4.76. The highest BCUT2D eigenvalue weighted by atomic mass is 19.4. The van der Waals surface area contributed by atoms with E-state index in [1.165, 1.54) is 13.0 Å². The first-order valence-electron chi connectivity index (χ1n) is 5.74. The van der Waals surface area contributed by atoms with Gasteiger partial charge in [0.15, 0.2) is 0 Å². The number of rotatable bonds is 3. The first kappa shape index (κ1) is 15.8. The smallest absolute Gasteiger partial charge is 0.355 e. The second-order valence-electron chi connectivity index (χ2n) is 3.96. The van der Waals surface area contributed by atoms with Crippen molar-refractivity contribution in [2.75, 3.05) is 6.54 Å². The second-order valence-corrected chi connectivity index (χ2v) is 3.96. The SMILES string of the molecule is CC(=O)NCCC#Cc1ccc(C=O)cc1C(F)(F)F. The molecule has 0 aromatic heterocycles. The zero-order valence-electron chi connectivity index (χ0n) is 10.7. The molecule has 6 heteroatoms. The zero-order chi connectivity index (χ0) is 15.2. The fourth-order valence-corrected chi connectivity index (χ4v) is 1.44. The van der Waals surface area contributed by atoms with E-state index in [1.807, 2.05) is 0 Å². The Kier molecular flexibility index (Phi) is 5.32. The predicted octanol–water partition coefficient (Wildman–Crippen LogP) is 2.40. The van der Waals surface area contributed by atoms with Gasteiger partial charge in [0.2, 0.25) is 5.91 Å². The molecule has 1 amide bonds. The van der Waals surface area contributed by atoms with Crippen molar-refractivity contribution in [3.63, 3.8) is 0 Å². The van der Waals surface area contributed by atoms with Crippen molar-refractivity contribution in [3.8, 4) is 11.8 Å². The van der Waals surface area contributed by atoms with Gasteiger partial charge in [-0.3, -0.25) is 9.59 Å². The summed E-state index contributed by atoms with van der Waals surface area (Å²) in [4.78, 5) is 21.1. The van der Waals surface area contributed by atoms with Crippen molar-refractivity contribution in [3.05, 3.63) is 34.9 Å². The van der Waals surface area contributed by atoms with Crippen LogP contribution in [0.25, 0.3) is 0 Å². The van der Waals surface area contributed by atoms with Gasteiger partial charge < -0.3 is 5.32 Å². The van der Waals surface area contributed by atoms with Crippen LogP contribution in [0.5, 0.6) is 0 Å². The van der Waals surface area contributed by atoms with Crippen LogP contribution in [0.3, 0.4) is 0 Å². The van der Waals surface area contributed by atoms with E-state index >= 15 is 0 Å². The molecule has 0 unspecified atom stereocenters. The first-order chi connectivity index (χ1) is 9.34. The zero-order valence-corrected chi connectivity index (χ0v) is 10.7. The monoisotopic (exact) mass is 283 g/mol. The molecule has 1 aromatic rings. The van der Waals surface area contributed by atoms with Crippen LogP contribution in [0.15, 0.2) is 18.2 Å². The van der Waals surface area contributed by atoms with E-state index in [0.29, 0.717) is 6.29 Å². The minimum atomic E-state index is -4.57. The molecule has 0 aliphatic carbocycles. The average Bonchev–Trinajstić information content (AvgIpc) is 2.37. The summed E-state index contributed by atoms with van der Waals surface area (Å²) in [6.45, 7) is 1.61. The number of carbonyl (C=O) groups is 2. The Bertz CT molecular complexity index is 568. The molecule has 1 aromatic carbocycles. The van der Waals surface area contributed by atoms with Crippen LogP contribution in [-0.2, 0) is 11.0 Å². The maximum atomic E-state index is 12.8. The van der Waals surface area contributed by atoms with Gasteiger partial charge in [0, 0.05) is 31.0 Å². The number of nitrogens with one attached hydrogen (secondary N) is 1. The topological polar surface area (TPSA) is 46.2 Å².